The summed E-state index contributed by atoms with van der Waals surface area (Å²) in [5, 5.41) is 3.65. The van der Waals surface area contributed by atoms with E-state index < -0.39 is 5.79 Å². The van der Waals surface area contributed by atoms with Crippen LogP contribution in [0.15, 0.2) is 23.2 Å². The molecule has 1 aromatic carbocycles. The lowest BCUT2D eigenvalue weighted by atomic mass is 9.97. The Bertz CT molecular complexity index is 582. The highest BCUT2D eigenvalue weighted by atomic mass is 15.6. The molecule has 0 amide bonds. The number of benzene rings is 1. The minimum atomic E-state index is -0.971. The number of hydrogen-bond acceptors (Lipinski definition) is 6. The zero-order valence-electron chi connectivity index (χ0n) is 13.3. The van der Waals surface area contributed by atoms with Gasteiger partial charge in [0.05, 0.1) is 0 Å². The van der Waals surface area contributed by atoms with Crippen molar-refractivity contribution < 1.29 is 0 Å². The number of nitrogens with zero attached hydrogens (tertiary/aromatic N) is 1. The molecular weight excluding hydrogens is 276 g/mol. The molecule has 2 aliphatic rings. The second-order valence-electron chi connectivity index (χ2n) is 6.59. The summed E-state index contributed by atoms with van der Waals surface area (Å²) in [6, 6.07) is 7.51. The second-order valence-corrected chi connectivity index (χ2v) is 6.59. The lowest BCUT2D eigenvalue weighted by molar-refractivity contribution is 0.374. The van der Waals surface area contributed by atoms with E-state index in [0.29, 0.717) is 18.0 Å². The number of aliphatic imine (C=N–C) groups is 1. The van der Waals surface area contributed by atoms with Crippen molar-refractivity contribution in [2.75, 3.05) is 0 Å². The van der Waals surface area contributed by atoms with Gasteiger partial charge in [-0.2, -0.15) is 5.43 Å². The molecule has 0 radical (unpaired) electrons. The van der Waals surface area contributed by atoms with E-state index in [0.717, 1.165) is 24.8 Å². The fourth-order valence-electron chi connectivity index (χ4n) is 3.32. The van der Waals surface area contributed by atoms with Gasteiger partial charge in [0, 0.05) is 17.6 Å². The lowest BCUT2D eigenvalue weighted by Crippen LogP contribution is -2.50. The van der Waals surface area contributed by atoms with Crippen molar-refractivity contribution in [2.24, 2.45) is 16.5 Å². The van der Waals surface area contributed by atoms with Crippen molar-refractivity contribution in [1.29, 1.82) is 0 Å². The highest BCUT2D eigenvalue weighted by Crippen LogP contribution is 2.26. The van der Waals surface area contributed by atoms with Gasteiger partial charge in [-0.05, 0) is 36.8 Å². The van der Waals surface area contributed by atoms with Crippen LogP contribution in [0, 0.1) is 0 Å². The summed E-state index contributed by atoms with van der Waals surface area (Å²) in [6.07, 6.45) is 4.51. The molecule has 1 heterocycles. The SMILES string of the molecule is CC(C)N[C@H]1CCc2ccc(C3(N)N=C(N)NN3)cc2CC1. The van der Waals surface area contributed by atoms with Crippen LogP contribution < -0.4 is 27.6 Å². The Labute approximate surface area is 131 Å². The van der Waals surface area contributed by atoms with Gasteiger partial charge in [0.25, 0.3) is 0 Å². The van der Waals surface area contributed by atoms with Crippen LogP contribution in [-0.4, -0.2) is 18.0 Å². The van der Waals surface area contributed by atoms with Crippen LogP contribution in [0.1, 0.15) is 43.4 Å². The fraction of sp³-hybridized carbons (Fsp3) is 0.562. The lowest BCUT2D eigenvalue weighted by Gasteiger charge is -2.22. The predicted octanol–water partition coefficient (Wildman–Crippen LogP) is 0.424. The minimum Gasteiger partial charge on any atom is -0.369 e. The number of guanidine groups is 1. The molecule has 22 heavy (non-hydrogen) atoms. The second kappa shape index (κ2) is 5.87. The summed E-state index contributed by atoms with van der Waals surface area (Å²) >= 11 is 0. The molecule has 2 atom stereocenters. The zero-order valence-corrected chi connectivity index (χ0v) is 13.3. The van der Waals surface area contributed by atoms with Crippen molar-refractivity contribution in [3.8, 4) is 0 Å². The zero-order chi connectivity index (χ0) is 15.7. The monoisotopic (exact) mass is 302 g/mol. The van der Waals surface area contributed by atoms with E-state index in [9.17, 15) is 0 Å². The first-order valence-electron chi connectivity index (χ1n) is 8.02. The number of aryl methyl sites for hydroxylation is 2. The van der Waals surface area contributed by atoms with Crippen molar-refractivity contribution in [1.82, 2.24) is 16.2 Å². The maximum Gasteiger partial charge on any atom is 0.209 e. The summed E-state index contributed by atoms with van der Waals surface area (Å²) < 4.78 is 0. The molecule has 0 saturated heterocycles. The van der Waals surface area contributed by atoms with Gasteiger partial charge in [0.1, 0.15) is 0 Å². The van der Waals surface area contributed by atoms with Gasteiger partial charge in [-0.25, -0.2) is 4.99 Å². The highest BCUT2D eigenvalue weighted by molar-refractivity contribution is 5.79. The number of nitrogens with two attached hydrogens (primary N) is 2. The molecule has 0 saturated carbocycles. The van der Waals surface area contributed by atoms with Crippen LogP contribution in [0.2, 0.25) is 0 Å². The van der Waals surface area contributed by atoms with Crippen molar-refractivity contribution >= 4 is 5.96 Å². The molecule has 1 aliphatic carbocycles. The summed E-state index contributed by atoms with van der Waals surface area (Å²) in [5.74, 6) is -0.653. The maximum absolute atomic E-state index is 6.28. The Morgan fingerprint density at radius 1 is 1.27 bits per heavy atom. The molecular formula is C16H26N6. The molecule has 6 heteroatoms. The first kappa shape index (κ1) is 15.3. The summed E-state index contributed by atoms with van der Waals surface area (Å²) in [5.41, 5.74) is 21.4. The minimum absolute atomic E-state index is 0.318. The summed E-state index contributed by atoms with van der Waals surface area (Å²) in [7, 11) is 0. The molecule has 7 N–H and O–H groups in total. The molecule has 1 aliphatic heterocycles. The van der Waals surface area contributed by atoms with Crippen molar-refractivity contribution in [3.63, 3.8) is 0 Å². The fourth-order valence-corrected chi connectivity index (χ4v) is 3.32. The average molecular weight is 302 g/mol. The number of hydrogen-bond donors (Lipinski definition) is 5. The normalized spacial score (nSPS) is 28.0. The van der Waals surface area contributed by atoms with Crippen LogP contribution in [0.3, 0.4) is 0 Å². The summed E-state index contributed by atoms with van der Waals surface area (Å²) in [6.45, 7) is 4.41. The van der Waals surface area contributed by atoms with Crippen molar-refractivity contribution in [2.45, 2.75) is 57.4 Å². The topological polar surface area (TPSA) is 100 Å². The quantitative estimate of drug-likeness (QED) is 0.521. The smallest absolute Gasteiger partial charge is 0.209 e. The molecule has 0 bridgehead atoms. The van der Waals surface area contributed by atoms with Crippen LogP contribution in [0.4, 0.5) is 0 Å². The first-order chi connectivity index (χ1) is 10.5. The van der Waals surface area contributed by atoms with E-state index in [2.05, 4.69) is 47.1 Å². The van der Waals surface area contributed by atoms with E-state index in [4.69, 9.17) is 11.5 Å². The standard InChI is InChI=1S/C16H26N6/c1-10(2)19-14-7-4-11-3-6-13(9-12(11)5-8-14)16(18)20-15(17)21-22-16/h3,6,9-10,14,19,22H,4-5,7-8,18H2,1-2H3,(H3,17,20,21)/t14-,16?/m0/s1. The number of nitrogens with one attached hydrogen (secondary N) is 3. The van der Waals surface area contributed by atoms with E-state index in [-0.39, 0.29) is 0 Å². The molecule has 1 unspecified atom stereocenters. The Balaban J connectivity index is 1.80. The number of rotatable bonds is 3. The van der Waals surface area contributed by atoms with Gasteiger partial charge < -0.3 is 11.1 Å². The van der Waals surface area contributed by atoms with Gasteiger partial charge in [-0.3, -0.25) is 11.2 Å². The third-order valence-electron chi connectivity index (χ3n) is 4.42. The molecule has 1 aromatic rings. The Hall–Kier alpha value is -1.63. The summed E-state index contributed by atoms with van der Waals surface area (Å²) in [4.78, 5) is 4.25. The molecule has 0 fully saturated rings. The first-order valence-corrected chi connectivity index (χ1v) is 8.02. The number of fused-ring (bicyclic) bond motifs is 1. The van der Waals surface area contributed by atoms with Crippen LogP contribution >= 0.6 is 0 Å². The third kappa shape index (κ3) is 3.09. The van der Waals surface area contributed by atoms with E-state index in [1.165, 1.54) is 17.5 Å². The van der Waals surface area contributed by atoms with E-state index in [1.807, 2.05) is 6.07 Å². The largest absolute Gasteiger partial charge is 0.369 e. The highest BCUT2D eigenvalue weighted by Gasteiger charge is 2.32. The van der Waals surface area contributed by atoms with Gasteiger partial charge in [0.15, 0.2) is 0 Å². The number of hydrazine groups is 1. The predicted molar refractivity (Wildman–Crippen MR) is 88.9 cm³/mol. The maximum atomic E-state index is 6.28. The van der Waals surface area contributed by atoms with Gasteiger partial charge in [-0.15, -0.1) is 0 Å². The average Bonchev–Trinajstić information content (AvgIpc) is 2.70. The van der Waals surface area contributed by atoms with Crippen molar-refractivity contribution in [3.05, 3.63) is 34.9 Å². The Kier molecular flexibility index (Phi) is 4.08. The van der Waals surface area contributed by atoms with E-state index >= 15 is 0 Å². The van der Waals surface area contributed by atoms with Gasteiger partial charge in [0.2, 0.25) is 11.7 Å². The van der Waals surface area contributed by atoms with Crippen LogP contribution in [0.5, 0.6) is 0 Å². The van der Waals surface area contributed by atoms with Crippen LogP contribution in [0.25, 0.3) is 0 Å². The van der Waals surface area contributed by atoms with E-state index in [1.54, 1.807) is 0 Å². The molecule has 0 spiro atoms. The molecule has 3 rings (SSSR count). The molecule has 120 valence electrons. The van der Waals surface area contributed by atoms with Gasteiger partial charge in [-0.1, -0.05) is 32.0 Å². The molecule has 6 nitrogen and oxygen atoms in total. The Morgan fingerprint density at radius 3 is 2.64 bits per heavy atom. The van der Waals surface area contributed by atoms with Crippen LogP contribution in [-0.2, 0) is 18.6 Å². The Morgan fingerprint density at radius 2 is 2.00 bits per heavy atom. The molecule has 0 aromatic heterocycles. The third-order valence-corrected chi connectivity index (χ3v) is 4.42. The van der Waals surface area contributed by atoms with Gasteiger partial charge >= 0.3 is 0 Å².